The highest BCUT2D eigenvalue weighted by Crippen LogP contribution is 2.00. The zero-order valence-corrected chi connectivity index (χ0v) is 8.57. The first-order valence-electron chi connectivity index (χ1n) is 4.82. The van der Waals surface area contributed by atoms with Crippen molar-refractivity contribution in [2.24, 2.45) is 16.6 Å². The Kier molecular flexibility index (Phi) is 4.64. The van der Waals surface area contributed by atoms with Crippen LogP contribution in [0.2, 0.25) is 0 Å². The molecule has 6 nitrogen and oxygen atoms in total. The van der Waals surface area contributed by atoms with Crippen LogP contribution in [0.15, 0.2) is 4.99 Å². The molecular formula is C8H19N5O. The average molecular weight is 201 g/mol. The maximum absolute atomic E-state index is 5.45. The number of ether oxygens (including phenoxy) is 1. The normalized spacial score (nSPS) is 22.0. The topological polar surface area (TPSA) is 88.9 Å². The van der Waals surface area contributed by atoms with E-state index in [0.29, 0.717) is 0 Å². The van der Waals surface area contributed by atoms with Gasteiger partial charge >= 0.3 is 0 Å². The summed E-state index contributed by atoms with van der Waals surface area (Å²) in [5, 5.41) is 0. The minimum atomic E-state index is 0.157. The summed E-state index contributed by atoms with van der Waals surface area (Å²) in [6.07, 6.45) is 0. The lowest BCUT2D eigenvalue weighted by Gasteiger charge is -2.27. The number of aliphatic imine (C=N–C) groups is 1. The van der Waals surface area contributed by atoms with Gasteiger partial charge in [-0.15, -0.1) is 0 Å². The van der Waals surface area contributed by atoms with Crippen molar-refractivity contribution in [3.8, 4) is 0 Å². The fourth-order valence-electron chi connectivity index (χ4n) is 1.47. The number of nitrogens with one attached hydrogen (secondary N) is 1. The molecule has 1 unspecified atom stereocenters. The first-order valence-corrected chi connectivity index (χ1v) is 4.82. The van der Waals surface area contributed by atoms with Gasteiger partial charge in [-0.3, -0.25) is 10.3 Å². The van der Waals surface area contributed by atoms with Gasteiger partial charge < -0.3 is 10.5 Å². The zero-order chi connectivity index (χ0) is 10.4. The second-order valence-corrected chi connectivity index (χ2v) is 3.42. The minimum Gasteiger partial charge on any atom is -0.379 e. The standard InChI is InChI=1S/C8H19N5O/c1-7(11-8(9)12-10)6-13-2-4-14-5-3-13/h7H,2-6,10H2,1H3,(H3,9,11,12). The van der Waals surface area contributed by atoms with E-state index in [1.165, 1.54) is 0 Å². The molecule has 0 aromatic carbocycles. The highest BCUT2D eigenvalue weighted by molar-refractivity contribution is 5.77. The second-order valence-electron chi connectivity index (χ2n) is 3.42. The molecule has 0 aromatic heterocycles. The van der Waals surface area contributed by atoms with Crippen molar-refractivity contribution >= 4 is 5.96 Å². The summed E-state index contributed by atoms with van der Waals surface area (Å²) < 4.78 is 5.25. The van der Waals surface area contributed by atoms with Crippen molar-refractivity contribution in [3.05, 3.63) is 0 Å². The summed E-state index contributed by atoms with van der Waals surface area (Å²) in [6, 6.07) is 0.157. The van der Waals surface area contributed by atoms with Crippen LogP contribution >= 0.6 is 0 Å². The summed E-state index contributed by atoms with van der Waals surface area (Å²) >= 11 is 0. The molecule has 82 valence electrons. The van der Waals surface area contributed by atoms with Gasteiger partial charge in [0.15, 0.2) is 0 Å². The third-order valence-electron chi connectivity index (χ3n) is 2.13. The molecule has 0 aliphatic carbocycles. The zero-order valence-electron chi connectivity index (χ0n) is 8.57. The molecule has 0 radical (unpaired) electrons. The van der Waals surface area contributed by atoms with Crippen LogP contribution < -0.4 is 17.0 Å². The Bertz CT molecular complexity index is 190. The smallest absolute Gasteiger partial charge is 0.203 e. The van der Waals surface area contributed by atoms with Crippen LogP contribution in [0.4, 0.5) is 0 Å². The van der Waals surface area contributed by atoms with Gasteiger partial charge in [0, 0.05) is 19.6 Å². The molecule has 1 atom stereocenters. The number of hydrazine groups is 1. The molecule has 0 bridgehead atoms. The number of morpholine rings is 1. The highest BCUT2D eigenvalue weighted by atomic mass is 16.5. The Morgan fingerprint density at radius 1 is 1.57 bits per heavy atom. The van der Waals surface area contributed by atoms with Crippen molar-refractivity contribution < 1.29 is 4.74 Å². The Morgan fingerprint density at radius 2 is 2.21 bits per heavy atom. The van der Waals surface area contributed by atoms with Gasteiger partial charge in [0.1, 0.15) is 0 Å². The molecule has 1 aliphatic rings. The summed E-state index contributed by atoms with van der Waals surface area (Å²) in [4.78, 5) is 6.47. The number of nitrogens with zero attached hydrogens (tertiary/aromatic N) is 2. The Morgan fingerprint density at radius 3 is 2.79 bits per heavy atom. The maximum Gasteiger partial charge on any atom is 0.203 e. The fourth-order valence-corrected chi connectivity index (χ4v) is 1.47. The van der Waals surface area contributed by atoms with Crippen molar-refractivity contribution in [2.45, 2.75) is 13.0 Å². The Balaban J connectivity index is 2.28. The minimum absolute atomic E-state index is 0.157. The van der Waals surface area contributed by atoms with Crippen molar-refractivity contribution in [3.63, 3.8) is 0 Å². The number of hydrogen-bond acceptors (Lipinski definition) is 4. The molecule has 0 saturated carbocycles. The van der Waals surface area contributed by atoms with Gasteiger partial charge in [-0.05, 0) is 6.92 Å². The van der Waals surface area contributed by atoms with Gasteiger partial charge in [-0.1, -0.05) is 0 Å². The Labute approximate surface area is 84.3 Å². The van der Waals surface area contributed by atoms with Crippen LogP contribution in [0.3, 0.4) is 0 Å². The van der Waals surface area contributed by atoms with E-state index in [2.05, 4.69) is 15.3 Å². The van der Waals surface area contributed by atoms with Crippen LogP contribution in [-0.2, 0) is 4.74 Å². The fraction of sp³-hybridized carbons (Fsp3) is 0.875. The lowest BCUT2D eigenvalue weighted by Crippen LogP contribution is -2.42. The predicted molar refractivity (Wildman–Crippen MR) is 55.7 cm³/mol. The highest BCUT2D eigenvalue weighted by Gasteiger charge is 2.12. The van der Waals surface area contributed by atoms with Crippen LogP contribution in [0.25, 0.3) is 0 Å². The monoisotopic (exact) mass is 201 g/mol. The molecular weight excluding hydrogens is 182 g/mol. The van der Waals surface area contributed by atoms with Crippen LogP contribution in [0.5, 0.6) is 0 Å². The van der Waals surface area contributed by atoms with Gasteiger partial charge in [0.25, 0.3) is 0 Å². The Hall–Kier alpha value is -0.850. The number of guanidine groups is 1. The average Bonchev–Trinajstić information content (AvgIpc) is 2.19. The van der Waals surface area contributed by atoms with Gasteiger partial charge in [0.2, 0.25) is 5.96 Å². The summed E-state index contributed by atoms with van der Waals surface area (Å²) in [5.74, 6) is 5.40. The number of hydrogen-bond donors (Lipinski definition) is 3. The first kappa shape index (κ1) is 11.2. The third-order valence-corrected chi connectivity index (χ3v) is 2.13. The summed E-state index contributed by atoms with van der Waals surface area (Å²) in [7, 11) is 0. The van der Waals surface area contributed by atoms with Crippen molar-refractivity contribution in [2.75, 3.05) is 32.8 Å². The second kappa shape index (κ2) is 5.79. The molecule has 1 aliphatic heterocycles. The molecule has 5 N–H and O–H groups in total. The molecule has 1 fully saturated rings. The van der Waals surface area contributed by atoms with E-state index in [9.17, 15) is 0 Å². The van der Waals surface area contributed by atoms with Crippen molar-refractivity contribution in [1.29, 1.82) is 0 Å². The van der Waals surface area contributed by atoms with Crippen LogP contribution in [0.1, 0.15) is 6.92 Å². The summed E-state index contributed by atoms with van der Waals surface area (Å²) in [5.41, 5.74) is 7.77. The molecule has 6 heteroatoms. The molecule has 0 amide bonds. The molecule has 14 heavy (non-hydrogen) atoms. The lowest BCUT2D eigenvalue weighted by molar-refractivity contribution is 0.0361. The van der Waals surface area contributed by atoms with Crippen molar-refractivity contribution in [1.82, 2.24) is 10.3 Å². The molecule has 0 spiro atoms. The lowest BCUT2D eigenvalue weighted by atomic mass is 10.3. The quantitative estimate of drug-likeness (QED) is 0.223. The van der Waals surface area contributed by atoms with E-state index in [1.807, 2.05) is 6.92 Å². The number of nitrogens with two attached hydrogens (primary N) is 2. The molecule has 0 aromatic rings. The molecule has 1 heterocycles. The van der Waals surface area contributed by atoms with E-state index in [1.54, 1.807) is 0 Å². The van der Waals surface area contributed by atoms with E-state index in [4.69, 9.17) is 16.3 Å². The third kappa shape index (κ3) is 3.91. The molecule has 1 rings (SSSR count). The summed E-state index contributed by atoms with van der Waals surface area (Å²) in [6.45, 7) is 6.46. The van der Waals surface area contributed by atoms with E-state index in [-0.39, 0.29) is 12.0 Å². The van der Waals surface area contributed by atoms with Gasteiger partial charge in [-0.25, -0.2) is 10.8 Å². The van der Waals surface area contributed by atoms with E-state index in [0.717, 1.165) is 32.8 Å². The first-order chi connectivity index (χ1) is 6.72. The molecule has 1 saturated heterocycles. The largest absolute Gasteiger partial charge is 0.379 e. The SMILES string of the molecule is CC(CN1CCOCC1)N=C(N)NN. The maximum atomic E-state index is 5.45. The van der Waals surface area contributed by atoms with Gasteiger partial charge in [0.05, 0.1) is 19.3 Å². The van der Waals surface area contributed by atoms with Crippen LogP contribution in [-0.4, -0.2) is 49.7 Å². The van der Waals surface area contributed by atoms with Crippen LogP contribution in [0, 0.1) is 0 Å². The van der Waals surface area contributed by atoms with Gasteiger partial charge in [-0.2, -0.15) is 0 Å². The van der Waals surface area contributed by atoms with E-state index < -0.39 is 0 Å². The predicted octanol–water partition coefficient (Wildman–Crippen LogP) is -1.51. The van der Waals surface area contributed by atoms with E-state index >= 15 is 0 Å². The number of rotatable bonds is 3.